The van der Waals surface area contributed by atoms with Crippen molar-refractivity contribution in [3.05, 3.63) is 53.6 Å². The minimum Gasteiger partial charge on any atom is -0.492 e. The van der Waals surface area contributed by atoms with Crippen LogP contribution >= 0.6 is 0 Å². The number of benzene rings is 2. The summed E-state index contributed by atoms with van der Waals surface area (Å²) in [5.74, 6) is -0.0255. The van der Waals surface area contributed by atoms with E-state index < -0.39 is 11.6 Å². The number of aromatic carboxylic acids is 1. The topological polar surface area (TPSA) is 73.6 Å². The largest absolute Gasteiger partial charge is 0.492 e. The molecule has 2 aromatic carbocycles. The Balaban J connectivity index is 1.57. The molecule has 0 amide bonds. The number of carboxylic acid groups (broad SMARTS) is 1. The van der Waals surface area contributed by atoms with Crippen LogP contribution in [-0.4, -0.2) is 47.9 Å². The minimum absolute atomic E-state index is 0.224. The van der Waals surface area contributed by atoms with Gasteiger partial charge in [0.05, 0.1) is 17.7 Å². The lowest BCUT2D eigenvalue weighted by Gasteiger charge is -2.36. The average Bonchev–Trinajstić information content (AvgIpc) is 2.83. The van der Waals surface area contributed by atoms with Crippen molar-refractivity contribution in [1.82, 2.24) is 4.90 Å². The smallest absolute Gasteiger partial charge is 0.335 e. The van der Waals surface area contributed by atoms with Crippen molar-refractivity contribution in [1.29, 1.82) is 5.26 Å². The van der Waals surface area contributed by atoms with Gasteiger partial charge in [-0.15, -0.1) is 0 Å². The van der Waals surface area contributed by atoms with Gasteiger partial charge in [0.2, 0.25) is 0 Å². The Morgan fingerprint density at radius 1 is 1.16 bits per heavy atom. The van der Waals surface area contributed by atoms with Gasteiger partial charge in [-0.2, -0.15) is 5.26 Å². The lowest BCUT2D eigenvalue weighted by atomic mass is 9.94. The highest BCUT2D eigenvalue weighted by Gasteiger charge is 2.30. The molecule has 1 heterocycles. The second kappa shape index (κ2) is 10.6. The summed E-state index contributed by atoms with van der Waals surface area (Å²) >= 11 is 0. The third kappa shape index (κ3) is 5.86. The highest BCUT2D eigenvalue weighted by Crippen LogP contribution is 2.29. The van der Waals surface area contributed by atoms with Gasteiger partial charge in [-0.3, -0.25) is 0 Å². The third-order valence-electron chi connectivity index (χ3n) is 6.52. The Kier molecular flexibility index (Phi) is 7.87. The number of ether oxygens (including phenoxy) is 1. The summed E-state index contributed by atoms with van der Waals surface area (Å²) < 4.78 is 20.7. The Bertz CT molecular complexity index is 956. The van der Waals surface area contributed by atoms with Crippen LogP contribution in [0.1, 0.15) is 55.5 Å². The number of rotatable bonds is 9. The van der Waals surface area contributed by atoms with Gasteiger partial charge in [-0.1, -0.05) is 32.0 Å². The van der Waals surface area contributed by atoms with Crippen molar-refractivity contribution < 1.29 is 19.0 Å². The van der Waals surface area contributed by atoms with E-state index in [0.717, 1.165) is 37.1 Å². The first-order valence-corrected chi connectivity index (χ1v) is 11.3. The van der Waals surface area contributed by atoms with E-state index in [4.69, 9.17) is 9.84 Å². The van der Waals surface area contributed by atoms with E-state index in [0.29, 0.717) is 43.2 Å². The maximum absolute atomic E-state index is 14.7. The number of hydrogen-bond donors (Lipinski definition) is 1. The van der Waals surface area contributed by atoms with Gasteiger partial charge >= 0.3 is 5.97 Å². The van der Waals surface area contributed by atoms with E-state index in [1.165, 1.54) is 0 Å². The van der Waals surface area contributed by atoms with E-state index in [9.17, 15) is 14.4 Å². The standard InChI is InChI=1S/C26H31FN2O3/c1-3-26(27,4-2)18-29-13-11-19(12-14-29)17-32-24-10-9-22(15-23(24)16-28)20-5-7-21(8-6-20)25(30)31/h5-10,15,19H,3-4,11-14,17-18H2,1-2H3,(H,30,31). The molecule has 2 aromatic rings. The molecule has 3 rings (SSSR count). The molecule has 0 unspecified atom stereocenters. The lowest BCUT2D eigenvalue weighted by Crippen LogP contribution is -2.44. The molecule has 0 atom stereocenters. The van der Waals surface area contributed by atoms with Gasteiger partial charge in [0.15, 0.2) is 0 Å². The van der Waals surface area contributed by atoms with Gasteiger partial charge in [0.1, 0.15) is 17.5 Å². The summed E-state index contributed by atoms with van der Waals surface area (Å²) in [6.07, 6.45) is 3.01. The molecule has 1 N–H and O–H groups in total. The molecule has 0 saturated carbocycles. The zero-order valence-corrected chi connectivity index (χ0v) is 18.8. The fraction of sp³-hybridized carbons (Fsp3) is 0.462. The summed E-state index contributed by atoms with van der Waals surface area (Å²) in [5, 5.41) is 18.6. The normalized spacial score (nSPS) is 15.3. The van der Waals surface area contributed by atoms with Crippen LogP contribution in [0.2, 0.25) is 0 Å². The van der Waals surface area contributed by atoms with Gasteiger partial charge < -0.3 is 14.7 Å². The minimum atomic E-state index is -1.10. The van der Waals surface area contributed by atoms with Gasteiger partial charge in [-0.25, -0.2) is 9.18 Å². The molecule has 0 aliphatic carbocycles. The number of carbonyl (C=O) groups is 1. The summed E-state index contributed by atoms with van der Waals surface area (Å²) in [6, 6.07) is 14.2. The Hall–Kier alpha value is -2.91. The molecule has 6 heteroatoms. The Morgan fingerprint density at radius 3 is 2.34 bits per heavy atom. The Morgan fingerprint density at radius 2 is 1.78 bits per heavy atom. The molecular formula is C26H31FN2O3. The van der Waals surface area contributed by atoms with Crippen LogP contribution in [-0.2, 0) is 0 Å². The highest BCUT2D eigenvalue weighted by atomic mass is 19.1. The first-order valence-electron chi connectivity index (χ1n) is 11.3. The van der Waals surface area contributed by atoms with Crippen molar-refractivity contribution in [3.8, 4) is 22.9 Å². The Labute approximate surface area is 189 Å². The number of likely N-dealkylation sites (tertiary alicyclic amines) is 1. The van der Waals surface area contributed by atoms with Crippen LogP contribution in [0.25, 0.3) is 11.1 Å². The summed E-state index contributed by atoms with van der Waals surface area (Å²) in [7, 11) is 0. The van der Waals surface area contributed by atoms with Crippen LogP contribution in [0.5, 0.6) is 5.75 Å². The molecule has 0 spiro atoms. The van der Waals surface area contributed by atoms with Crippen LogP contribution in [0, 0.1) is 17.2 Å². The molecule has 0 aromatic heterocycles. The molecule has 0 bridgehead atoms. The summed E-state index contributed by atoms with van der Waals surface area (Å²) in [4.78, 5) is 13.2. The zero-order valence-electron chi connectivity index (χ0n) is 18.8. The monoisotopic (exact) mass is 438 g/mol. The predicted octanol–water partition coefficient (Wildman–Crippen LogP) is 5.54. The number of halogens is 1. The van der Waals surface area contributed by atoms with Crippen molar-refractivity contribution in [2.45, 2.75) is 45.2 Å². The molecular weight excluding hydrogens is 407 g/mol. The maximum atomic E-state index is 14.7. The third-order valence-corrected chi connectivity index (χ3v) is 6.52. The van der Waals surface area contributed by atoms with Gasteiger partial charge in [0, 0.05) is 6.54 Å². The molecule has 1 fully saturated rings. The van der Waals surface area contributed by atoms with Crippen LogP contribution < -0.4 is 4.74 Å². The molecule has 1 aliphatic rings. The van der Waals surface area contributed by atoms with Crippen LogP contribution in [0.3, 0.4) is 0 Å². The highest BCUT2D eigenvalue weighted by molar-refractivity contribution is 5.88. The first kappa shape index (κ1) is 23.7. The van der Waals surface area contributed by atoms with E-state index >= 15 is 0 Å². The fourth-order valence-electron chi connectivity index (χ4n) is 4.12. The van der Waals surface area contributed by atoms with Crippen molar-refractivity contribution in [3.63, 3.8) is 0 Å². The first-order chi connectivity index (χ1) is 15.4. The fourth-order valence-corrected chi connectivity index (χ4v) is 4.12. The van der Waals surface area contributed by atoms with Crippen molar-refractivity contribution >= 4 is 5.97 Å². The van der Waals surface area contributed by atoms with Crippen molar-refractivity contribution in [2.75, 3.05) is 26.2 Å². The molecule has 0 radical (unpaired) electrons. The van der Waals surface area contributed by atoms with E-state index in [1.807, 2.05) is 19.9 Å². The second-order valence-corrected chi connectivity index (χ2v) is 8.59. The number of nitrogens with zero attached hydrogens (tertiary/aromatic N) is 2. The molecule has 170 valence electrons. The number of nitriles is 1. The molecule has 32 heavy (non-hydrogen) atoms. The van der Waals surface area contributed by atoms with Gasteiger partial charge in [-0.05, 0) is 80.1 Å². The van der Waals surface area contributed by atoms with E-state index in [2.05, 4.69) is 11.0 Å². The molecule has 5 nitrogen and oxygen atoms in total. The quantitative estimate of drug-likeness (QED) is 0.556. The predicted molar refractivity (Wildman–Crippen MR) is 123 cm³/mol. The van der Waals surface area contributed by atoms with Crippen LogP contribution in [0.15, 0.2) is 42.5 Å². The number of alkyl halides is 1. The van der Waals surface area contributed by atoms with E-state index in [1.54, 1.807) is 36.4 Å². The van der Waals surface area contributed by atoms with E-state index in [-0.39, 0.29) is 5.56 Å². The SMILES string of the molecule is CCC(F)(CC)CN1CCC(COc2ccc(-c3ccc(C(=O)O)cc3)cc2C#N)CC1. The van der Waals surface area contributed by atoms with Crippen LogP contribution in [0.4, 0.5) is 4.39 Å². The van der Waals surface area contributed by atoms with Crippen molar-refractivity contribution in [2.24, 2.45) is 5.92 Å². The summed E-state index contributed by atoms with van der Waals surface area (Å²) in [5.41, 5.74) is 1.26. The van der Waals surface area contributed by atoms with Gasteiger partial charge in [0.25, 0.3) is 0 Å². The molecule has 1 saturated heterocycles. The average molecular weight is 439 g/mol. The number of hydrogen-bond acceptors (Lipinski definition) is 4. The number of carboxylic acids is 1. The summed E-state index contributed by atoms with van der Waals surface area (Å²) in [6.45, 7) is 6.60. The second-order valence-electron chi connectivity index (χ2n) is 8.59. The molecule has 1 aliphatic heterocycles. The maximum Gasteiger partial charge on any atom is 0.335 e. The number of piperidine rings is 1. The lowest BCUT2D eigenvalue weighted by molar-refractivity contribution is 0.0568. The zero-order chi connectivity index (χ0) is 23.1.